The third-order valence-corrected chi connectivity index (χ3v) is 7.14. The summed E-state index contributed by atoms with van der Waals surface area (Å²) in [4.78, 5) is 23.9. The van der Waals surface area contributed by atoms with Gasteiger partial charge < -0.3 is 15.6 Å². The summed E-state index contributed by atoms with van der Waals surface area (Å²) in [6.45, 7) is 0.472. The van der Waals surface area contributed by atoms with Gasteiger partial charge in [-0.15, -0.1) is 0 Å². The molecule has 2 aromatic rings. The first-order chi connectivity index (χ1) is 13.2. The molecule has 1 saturated heterocycles. The summed E-state index contributed by atoms with van der Waals surface area (Å²) in [5, 5.41) is 2.87. The standard InChI is InChI=1S/C18H21BrN4O4S/c1-22-11-15(10-16(22)17(20)24)28(26,27)23-7-5-12(6-8-23)18(25)21-14-4-2-3-13(19)9-14/h2-4,9-12H,5-8H2,1H3,(H2,20,24)(H,21,25). The van der Waals surface area contributed by atoms with Gasteiger partial charge in [0.25, 0.3) is 5.91 Å². The highest BCUT2D eigenvalue weighted by Crippen LogP contribution is 2.26. The van der Waals surface area contributed by atoms with Gasteiger partial charge in [0.1, 0.15) is 10.6 Å². The van der Waals surface area contributed by atoms with Crippen molar-refractivity contribution in [3.63, 3.8) is 0 Å². The SMILES string of the molecule is Cn1cc(S(=O)(=O)N2CCC(C(=O)Nc3cccc(Br)c3)CC2)cc1C(N)=O. The van der Waals surface area contributed by atoms with E-state index >= 15 is 0 Å². The number of nitrogens with zero attached hydrogens (tertiary/aromatic N) is 2. The average Bonchev–Trinajstić information content (AvgIpc) is 3.05. The van der Waals surface area contributed by atoms with Crippen molar-refractivity contribution >= 4 is 43.5 Å². The number of nitrogens with one attached hydrogen (secondary N) is 1. The Balaban J connectivity index is 1.65. The zero-order valence-electron chi connectivity index (χ0n) is 15.3. The molecule has 0 spiro atoms. The number of carbonyl (C=O) groups excluding carboxylic acids is 2. The first kappa shape index (κ1) is 20.6. The molecule has 1 aliphatic heterocycles. The summed E-state index contributed by atoms with van der Waals surface area (Å²) < 4.78 is 29.3. The summed E-state index contributed by atoms with van der Waals surface area (Å²) >= 11 is 3.36. The number of primary amides is 1. The highest BCUT2D eigenvalue weighted by atomic mass is 79.9. The van der Waals surface area contributed by atoms with Gasteiger partial charge in [-0.2, -0.15) is 4.31 Å². The molecule has 0 bridgehead atoms. The highest BCUT2D eigenvalue weighted by Gasteiger charge is 2.33. The Morgan fingerprint density at radius 3 is 2.46 bits per heavy atom. The van der Waals surface area contributed by atoms with Crippen LogP contribution in [0.15, 0.2) is 45.9 Å². The molecule has 1 aromatic carbocycles. The van der Waals surface area contributed by atoms with Crippen LogP contribution >= 0.6 is 15.9 Å². The second-order valence-corrected chi connectivity index (χ2v) is 9.57. The van der Waals surface area contributed by atoms with E-state index < -0.39 is 15.9 Å². The summed E-state index contributed by atoms with van der Waals surface area (Å²) in [6.07, 6.45) is 2.23. The number of rotatable bonds is 5. The number of hydrogen-bond acceptors (Lipinski definition) is 4. The van der Waals surface area contributed by atoms with E-state index in [9.17, 15) is 18.0 Å². The Kier molecular flexibility index (Phi) is 5.92. The Morgan fingerprint density at radius 1 is 1.21 bits per heavy atom. The van der Waals surface area contributed by atoms with Crippen LogP contribution in [0.4, 0.5) is 5.69 Å². The zero-order valence-corrected chi connectivity index (χ0v) is 17.7. The van der Waals surface area contributed by atoms with E-state index in [1.54, 1.807) is 13.1 Å². The van der Waals surface area contributed by atoms with Crippen LogP contribution in [0.2, 0.25) is 0 Å². The van der Waals surface area contributed by atoms with E-state index in [-0.39, 0.29) is 35.5 Å². The smallest absolute Gasteiger partial charge is 0.265 e. The van der Waals surface area contributed by atoms with Crippen molar-refractivity contribution in [3.8, 4) is 0 Å². The number of nitrogens with two attached hydrogens (primary N) is 1. The van der Waals surface area contributed by atoms with Gasteiger partial charge in [-0.25, -0.2) is 8.42 Å². The molecule has 2 heterocycles. The third-order valence-electron chi connectivity index (χ3n) is 4.79. The number of sulfonamides is 1. The molecule has 150 valence electrons. The summed E-state index contributed by atoms with van der Waals surface area (Å²) in [6, 6.07) is 8.59. The van der Waals surface area contributed by atoms with E-state index in [0.717, 1.165) is 4.47 Å². The van der Waals surface area contributed by atoms with E-state index in [1.807, 2.05) is 18.2 Å². The second kappa shape index (κ2) is 8.06. The van der Waals surface area contributed by atoms with Crippen molar-refractivity contribution in [1.82, 2.24) is 8.87 Å². The Labute approximate surface area is 171 Å². The molecule has 28 heavy (non-hydrogen) atoms. The predicted molar refractivity (Wildman–Crippen MR) is 108 cm³/mol. The molecule has 8 nitrogen and oxygen atoms in total. The number of aromatic nitrogens is 1. The van der Waals surface area contributed by atoms with Crippen molar-refractivity contribution in [3.05, 3.63) is 46.7 Å². The lowest BCUT2D eigenvalue weighted by Crippen LogP contribution is -2.41. The normalized spacial score (nSPS) is 16.1. The van der Waals surface area contributed by atoms with Crippen molar-refractivity contribution in [2.24, 2.45) is 18.7 Å². The van der Waals surface area contributed by atoms with Gasteiger partial charge >= 0.3 is 0 Å². The lowest BCUT2D eigenvalue weighted by molar-refractivity contribution is -0.120. The average molecular weight is 469 g/mol. The van der Waals surface area contributed by atoms with E-state index in [1.165, 1.54) is 21.1 Å². The van der Waals surface area contributed by atoms with Crippen LogP contribution in [0.5, 0.6) is 0 Å². The molecule has 0 radical (unpaired) electrons. The minimum absolute atomic E-state index is 0.0286. The molecule has 0 aliphatic carbocycles. The molecule has 0 saturated carbocycles. The molecule has 0 atom stereocenters. The molecular weight excluding hydrogens is 448 g/mol. The quantitative estimate of drug-likeness (QED) is 0.697. The molecular formula is C18H21BrN4O4S. The van der Waals surface area contributed by atoms with Gasteiger partial charge in [0.05, 0.1) is 0 Å². The van der Waals surface area contributed by atoms with Crippen LogP contribution < -0.4 is 11.1 Å². The van der Waals surface area contributed by atoms with E-state index in [2.05, 4.69) is 21.2 Å². The number of carbonyl (C=O) groups is 2. The first-order valence-electron chi connectivity index (χ1n) is 8.71. The summed E-state index contributed by atoms with van der Waals surface area (Å²) in [7, 11) is -2.18. The van der Waals surface area contributed by atoms with Crippen LogP contribution in [-0.2, 0) is 21.9 Å². The number of halogens is 1. The summed E-state index contributed by atoms with van der Waals surface area (Å²) in [5.41, 5.74) is 6.08. The first-order valence-corrected chi connectivity index (χ1v) is 10.9. The minimum atomic E-state index is -3.74. The molecule has 1 aromatic heterocycles. The fourth-order valence-corrected chi connectivity index (χ4v) is 5.18. The fourth-order valence-electron chi connectivity index (χ4n) is 3.24. The van der Waals surface area contributed by atoms with E-state index in [0.29, 0.717) is 18.5 Å². The maximum atomic E-state index is 12.8. The van der Waals surface area contributed by atoms with Gasteiger partial charge in [-0.3, -0.25) is 9.59 Å². The van der Waals surface area contributed by atoms with Crippen molar-refractivity contribution in [2.45, 2.75) is 17.7 Å². The van der Waals surface area contributed by atoms with Crippen LogP contribution in [0, 0.1) is 5.92 Å². The molecule has 1 fully saturated rings. The monoisotopic (exact) mass is 468 g/mol. The largest absolute Gasteiger partial charge is 0.364 e. The lowest BCUT2D eigenvalue weighted by atomic mass is 9.97. The number of amides is 2. The predicted octanol–water partition coefficient (Wildman–Crippen LogP) is 1.93. The molecule has 3 N–H and O–H groups in total. The number of benzene rings is 1. The van der Waals surface area contributed by atoms with Gasteiger partial charge in [0.15, 0.2) is 0 Å². The van der Waals surface area contributed by atoms with Gasteiger partial charge in [0.2, 0.25) is 15.9 Å². The zero-order chi connectivity index (χ0) is 20.5. The lowest BCUT2D eigenvalue weighted by Gasteiger charge is -2.30. The van der Waals surface area contributed by atoms with Gasteiger partial charge in [-0.1, -0.05) is 22.0 Å². The van der Waals surface area contributed by atoms with Crippen LogP contribution in [-0.4, -0.2) is 42.2 Å². The van der Waals surface area contributed by atoms with Gasteiger partial charge in [-0.05, 0) is 37.1 Å². The number of piperidine rings is 1. The molecule has 10 heteroatoms. The Morgan fingerprint density at radius 2 is 1.89 bits per heavy atom. The van der Waals surface area contributed by atoms with Crippen LogP contribution in [0.1, 0.15) is 23.3 Å². The topological polar surface area (TPSA) is 114 Å². The van der Waals surface area contributed by atoms with Crippen LogP contribution in [0.25, 0.3) is 0 Å². The molecule has 1 aliphatic rings. The Hall–Kier alpha value is -2.17. The second-order valence-electron chi connectivity index (χ2n) is 6.71. The van der Waals surface area contributed by atoms with Crippen molar-refractivity contribution in [1.29, 1.82) is 0 Å². The van der Waals surface area contributed by atoms with Crippen molar-refractivity contribution < 1.29 is 18.0 Å². The molecule has 2 amide bonds. The Bertz CT molecular complexity index is 1010. The maximum Gasteiger partial charge on any atom is 0.265 e. The number of aryl methyl sites for hydroxylation is 1. The summed E-state index contributed by atoms with van der Waals surface area (Å²) in [5.74, 6) is -1.07. The molecule has 0 unspecified atom stereocenters. The maximum absolute atomic E-state index is 12.8. The van der Waals surface area contributed by atoms with E-state index in [4.69, 9.17) is 5.73 Å². The number of anilines is 1. The van der Waals surface area contributed by atoms with Crippen molar-refractivity contribution in [2.75, 3.05) is 18.4 Å². The minimum Gasteiger partial charge on any atom is -0.364 e. The van der Waals surface area contributed by atoms with Gasteiger partial charge in [0, 0.05) is 42.4 Å². The third kappa shape index (κ3) is 4.29. The number of hydrogen-bond donors (Lipinski definition) is 2. The highest BCUT2D eigenvalue weighted by molar-refractivity contribution is 9.10. The fraction of sp³-hybridized carbons (Fsp3) is 0.333. The molecule has 3 rings (SSSR count). The van der Waals surface area contributed by atoms with Crippen LogP contribution in [0.3, 0.4) is 0 Å².